The van der Waals surface area contributed by atoms with Gasteiger partial charge in [0, 0.05) is 10.5 Å². The van der Waals surface area contributed by atoms with Crippen molar-refractivity contribution in [3.63, 3.8) is 0 Å². The van der Waals surface area contributed by atoms with Crippen LogP contribution in [-0.4, -0.2) is 32.9 Å². The molecule has 0 aromatic carbocycles. The van der Waals surface area contributed by atoms with Crippen molar-refractivity contribution in [2.45, 2.75) is 74.1 Å². The lowest BCUT2D eigenvalue weighted by molar-refractivity contribution is 0.131. The second-order valence-electron chi connectivity index (χ2n) is 5.05. The summed E-state index contributed by atoms with van der Waals surface area (Å²) in [7, 11) is 4.06. The third kappa shape index (κ3) is 4.13. The molecule has 0 aromatic heterocycles. The average Bonchev–Trinajstić information content (AvgIpc) is 2.30. The number of rotatable bonds is 3. The van der Waals surface area contributed by atoms with Crippen molar-refractivity contribution in [2.75, 3.05) is 0 Å². The Bertz CT molecular complexity index is 175. The lowest BCUT2D eigenvalue weighted by Gasteiger charge is -2.28. The van der Waals surface area contributed by atoms with Crippen molar-refractivity contribution in [3.8, 4) is 0 Å². The van der Waals surface area contributed by atoms with Gasteiger partial charge in [-0.15, -0.1) is 0 Å². The van der Waals surface area contributed by atoms with E-state index in [9.17, 15) is 10.2 Å². The van der Waals surface area contributed by atoms with Gasteiger partial charge in [-0.25, -0.2) is 0 Å². The fourth-order valence-corrected chi connectivity index (χ4v) is 5.78. The molecular weight excluding hydrogens is 240 g/mol. The Hall–Kier alpha value is 0.620. The summed E-state index contributed by atoms with van der Waals surface area (Å²) in [5.74, 6) is 0. The minimum absolute atomic E-state index is 0.0355. The van der Waals surface area contributed by atoms with E-state index in [0.29, 0.717) is 0 Å². The normalized spacial score (nSPS) is 40.9. The molecule has 0 aromatic rings. The average molecular weight is 262 g/mol. The molecule has 2 N–H and O–H groups in total. The van der Waals surface area contributed by atoms with Crippen molar-refractivity contribution in [2.24, 2.45) is 0 Å². The fourth-order valence-electron chi connectivity index (χ4n) is 2.44. The van der Waals surface area contributed by atoms with Gasteiger partial charge in [0.2, 0.25) is 0 Å². The van der Waals surface area contributed by atoms with Gasteiger partial charge in [0.25, 0.3) is 0 Å². The number of hydrogen-bond donors (Lipinski definition) is 2. The topological polar surface area (TPSA) is 40.5 Å². The molecule has 2 aliphatic rings. The zero-order valence-electron chi connectivity index (χ0n) is 9.68. The summed E-state index contributed by atoms with van der Waals surface area (Å²) in [6, 6.07) is 0. The molecule has 0 atom stereocenters. The molecule has 4 heteroatoms. The lowest BCUT2D eigenvalue weighted by atomic mass is 9.97. The van der Waals surface area contributed by atoms with Gasteiger partial charge >= 0.3 is 0 Å². The predicted molar refractivity (Wildman–Crippen MR) is 71.7 cm³/mol. The summed E-state index contributed by atoms with van der Waals surface area (Å²) in [5, 5.41) is 20.4. The summed E-state index contributed by atoms with van der Waals surface area (Å²) < 4.78 is 0. The summed E-state index contributed by atoms with van der Waals surface area (Å²) in [6.07, 6.45) is 8.58. The van der Waals surface area contributed by atoms with Crippen LogP contribution in [0.5, 0.6) is 0 Å². The fraction of sp³-hybridized carbons (Fsp3) is 1.00. The van der Waals surface area contributed by atoms with Gasteiger partial charge in [0.05, 0.1) is 12.2 Å². The molecule has 0 radical (unpaired) electrons. The molecule has 0 saturated heterocycles. The zero-order valence-corrected chi connectivity index (χ0v) is 11.3. The molecule has 0 aliphatic heterocycles. The largest absolute Gasteiger partial charge is 0.393 e. The first-order valence-corrected chi connectivity index (χ1v) is 8.70. The van der Waals surface area contributed by atoms with E-state index in [1.165, 1.54) is 25.7 Å². The van der Waals surface area contributed by atoms with E-state index in [4.69, 9.17) is 0 Å². The predicted octanol–water partition coefficient (Wildman–Crippen LogP) is 2.97. The smallest absolute Gasteiger partial charge is 0.0541 e. The van der Waals surface area contributed by atoms with E-state index in [2.05, 4.69) is 0 Å². The van der Waals surface area contributed by atoms with E-state index < -0.39 is 0 Å². The number of aliphatic hydroxyl groups excluding tert-OH is 2. The third-order valence-corrected chi connectivity index (χ3v) is 7.18. The van der Waals surface area contributed by atoms with Crippen LogP contribution in [0.25, 0.3) is 0 Å². The molecule has 94 valence electrons. The molecule has 2 nitrogen and oxygen atoms in total. The van der Waals surface area contributed by atoms with Crippen LogP contribution in [0.15, 0.2) is 0 Å². The van der Waals surface area contributed by atoms with Crippen molar-refractivity contribution >= 4 is 21.6 Å². The van der Waals surface area contributed by atoms with Crippen molar-refractivity contribution in [1.29, 1.82) is 0 Å². The maximum Gasteiger partial charge on any atom is 0.0541 e. The minimum atomic E-state index is -0.0355. The molecule has 2 rings (SSSR count). The van der Waals surface area contributed by atoms with Crippen LogP contribution in [0, 0.1) is 0 Å². The summed E-state index contributed by atoms with van der Waals surface area (Å²) in [6.45, 7) is 0. The molecule has 0 bridgehead atoms. The van der Waals surface area contributed by atoms with E-state index in [1.807, 2.05) is 21.6 Å². The second-order valence-corrected chi connectivity index (χ2v) is 7.93. The Kier molecular flexibility index (Phi) is 5.33. The van der Waals surface area contributed by atoms with Crippen LogP contribution < -0.4 is 0 Å². The van der Waals surface area contributed by atoms with Crippen molar-refractivity contribution in [3.05, 3.63) is 0 Å². The van der Waals surface area contributed by atoms with Crippen LogP contribution in [0.4, 0.5) is 0 Å². The molecule has 2 aliphatic carbocycles. The standard InChI is InChI=1S/C12H22O2S2/c13-9-1-5-11(6-2-9)15-16-12-7-3-10(14)4-8-12/h9-14H,1-8H2/t9-,10?,11-,12?. The van der Waals surface area contributed by atoms with Crippen LogP contribution in [0.2, 0.25) is 0 Å². The number of hydrogen-bond acceptors (Lipinski definition) is 4. The highest BCUT2D eigenvalue weighted by Gasteiger charge is 2.24. The summed E-state index contributed by atoms with van der Waals surface area (Å²) in [5.41, 5.74) is 0. The highest BCUT2D eigenvalue weighted by atomic mass is 33.1. The van der Waals surface area contributed by atoms with Gasteiger partial charge < -0.3 is 10.2 Å². The van der Waals surface area contributed by atoms with E-state index >= 15 is 0 Å². The molecule has 2 fully saturated rings. The Morgan fingerprint density at radius 2 is 0.875 bits per heavy atom. The first-order valence-electron chi connectivity index (χ1n) is 6.42. The van der Waals surface area contributed by atoms with E-state index in [-0.39, 0.29) is 12.2 Å². The SMILES string of the molecule is OC1CCC(SS[C@H]2CC[C@H](O)CC2)CC1. The molecule has 0 amide bonds. The van der Waals surface area contributed by atoms with Crippen LogP contribution in [0.3, 0.4) is 0 Å². The lowest BCUT2D eigenvalue weighted by Crippen LogP contribution is -2.21. The monoisotopic (exact) mass is 262 g/mol. The Morgan fingerprint density at radius 3 is 1.19 bits per heavy atom. The number of aliphatic hydroxyl groups is 2. The van der Waals surface area contributed by atoms with Gasteiger partial charge in [0.15, 0.2) is 0 Å². The van der Waals surface area contributed by atoms with Crippen molar-refractivity contribution < 1.29 is 10.2 Å². The third-order valence-electron chi connectivity index (χ3n) is 3.62. The molecule has 16 heavy (non-hydrogen) atoms. The molecular formula is C12H22O2S2. The van der Waals surface area contributed by atoms with Crippen molar-refractivity contribution in [1.82, 2.24) is 0 Å². The quantitative estimate of drug-likeness (QED) is 0.767. The highest BCUT2D eigenvalue weighted by Crippen LogP contribution is 2.42. The molecule has 2 saturated carbocycles. The maximum atomic E-state index is 9.43. The summed E-state index contributed by atoms with van der Waals surface area (Å²) >= 11 is 0. The Labute approximate surface area is 106 Å². The first-order chi connectivity index (χ1) is 7.74. The van der Waals surface area contributed by atoms with Crippen LogP contribution in [-0.2, 0) is 0 Å². The van der Waals surface area contributed by atoms with Gasteiger partial charge in [0.1, 0.15) is 0 Å². The van der Waals surface area contributed by atoms with Gasteiger partial charge in [-0.1, -0.05) is 21.6 Å². The Balaban J connectivity index is 1.60. The summed E-state index contributed by atoms with van der Waals surface area (Å²) in [4.78, 5) is 0. The zero-order chi connectivity index (χ0) is 11.4. The van der Waals surface area contributed by atoms with E-state index in [1.54, 1.807) is 0 Å². The Morgan fingerprint density at radius 1 is 0.562 bits per heavy atom. The molecule has 0 unspecified atom stereocenters. The van der Waals surface area contributed by atoms with Gasteiger partial charge in [-0.05, 0) is 51.4 Å². The van der Waals surface area contributed by atoms with E-state index in [0.717, 1.165) is 36.2 Å². The molecule has 0 spiro atoms. The second kappa shape index (κ2) is 6.53. The molecule has 0 heterocycles. The van der Waals surface area contributed by atoms with Gasteiger partial charge in [-0.2, -0.15) is 0 Å². The minimum Gasteiger partial charge on any atom is -0.393 e. The van der Waals surface area contributed by atoms with Gasteiger partial charge in [-0.3, -0.25) is 0 Å². The van der Waals surface area contributed by atoms with Crippen LogP contribution >= 0.6 is 21.6 Å². The van der Waals surface area contributed by atoms with Crippen LogP contribution in [0.1, 0.15) is 51.4 Å². The first kappa shape index (κ1) is 13.1. The highest BCUT2D eigenvalue weighted by molar-refractivity contribution is 8.77. The maximum absolute atomic E-state index is 9.43.